The molecule has 2 rings (SSSR count). The number of likely N-dealkylation sites (tertiary alicyclic amines) is 1. The van der Waals surface area contributed by atoms with Crippen LogP contribution in [-0.4, -0.2) is 47.2 Å². The third kappa shape index (κ3) is 4.71. The Morgan fingerprint density at radius 1 is 1.32 bits per heavy atom. The van der Waals surface area contributed by atoms with E-state index in [0.29, 0.717) is 12.4 Å². The average Bonchev–Trinajstić information content (AvgIpc) is 2.93. The molecule has 1 aliphatic heterocycles. The maximum absolute atomic E-state index is 5.13. The molecule has 1 aromatic rings. The molecule has 0 amide bonds. The molecule has 22 heavy (non-hydrogen) atoms. The van der Waals surface area contributed by atoms with Crippen molar-refractivity contribution in [3.63, 3.8) is 0 Å². The molecule has 1 saturated heterocycles. The number of rotatable bonds is 5. The van der Waals surface area contributed by atoms with Gasteiger partial charge in [-0.05, 0) is 25.2 Å². The van der Waals surface area contributed by atoms with Crippen molar-refractivity contribution in [2.24, 2.45) is 16.8 Å². The molecule has 6 nitrogen and oxygen atoms in total. The molecule has 6 heteroatoms. The van der Waals surface area contributed by atoms with Crippen molar-refractivity contribution >= 4 is 5.96 Å². The molecule has 0 aromatic carbocycles. The van der Waals surface area contributed by atoms with E-state index >= 15 is 0 Å². The van der Waals surface area contributed by atoms with E-state index in [-0.39, 0.29) is 0 Å². The Morgan fingerprint density at radius 3 is 2.64 bits per heavy atom. The molecular weight excluding hydrogens is 278 g/mol. The number of hydrogen-bond donors (Lipinski definition) is 1. The van der Waals surface area contributed by atoms with Gasteiger partial charge in [-0.3, -0.25) is 4.99 Å². The maximum atomic E-state index is 5.13. The summed E-state index contributed by atoms with van der Waals surface area (Å²) in [6, 6.07) is 0. The quantitative estimate of drug-likeness (QED) is 0.666. The lowest BCUT2D eigenvalue weighted by atomic mass is 9.92. The Hall–Kier alpha value is -1.59. The summed E-state index contributed by atoms with van der Waals surface area (Å²) in [5.41, 5.74) is 0. The first kappa shape index (κ1) is 16.8. The Bertz CT molecular complexity index is 475. The van der Waals surface area contributed by atoms with Crippen LogP contribution in [0.1, 0.15) is 45.8 Å². The minimum absolute atomic E-state index is 0.685. The molecule has 2 atom stereocenters. The Balaban J connectivity index is 1.94. The van der Waals surface area contributed by atoms with Crippen LogP contribution in [0.5, 0.6) is 0 Å². The van der Waals surface area contributed by atoms with Gasteiger partial charge in [0, 0.05) is 39.0 Å². The molecule has 1 fully saturated rings. The summed E-state index contributed by atoms with van der Waals surface area (Å²) in [6.07, 6.45) is 2.80. The largest absolute Gasteiger partial charge is 0.357 e. The van der Waals surface area contributed by atoms with Crippen LogP contribution in [0.4, 0.5) is 0 Å². The summed E-state index contributed by atoms with van der Waals surface area (Å²) < 4.78 is 5.13. The van der Waals surface area contributed by atoms with Crippen molar-refractivity contribution in [1.82, 2.24) is 20.4 Å². The second kappa shape index (κ2) is 8.15. The third-order valence-corrected chi connectivity index (χ3v) is 3.91. The molecule has 0 spiro atoms. The van der Waals surface area contributed by atoms with Crippen molar-refractivity contribution < 1.29 is 4.52 Å². The fourth-order valence-electron chi connectivity index (χ4n) is 3.06. The van der Waals surface area contributed by atoms with Crippen LogP contribution in [0, 0.1) is 11.8 Å². The summed E-state index contributed by atoms with van der Waals surface area (Å²) in [4.78, 5) is 11.5. The van der Waals surface area contributed by atoms with Crippen molar-refractivity contribution in [2.45, 2.75) is 47.0 Å². The third-order valence-electron chi connectivity index (χ3n) is 3.91. The fourth-order valence-corrected chi connectivity index (χ4v) is 3.06. The first-order chi connectivity index (χ1) is 10.6. The topological polar surface area (TPSA) is 66.5 Å². The van der Waals surface area contributed by atoms with Gasteiger partial charge in [-0.1, -0.05) is 25.9 Å². The first-order valence-electron chi connectivity index (χ1n) is 8.47. The van der Waals surface area contributed by atoms with E-state index in [0.717, 1.165) is 56.1 Å². The van der Waals surface area contributed by atoms with Gasteiger partial charge in [0.2, 0.25) is 5.89 Å². The van der Waals surface area contributed by atoms with Gasteiger partial charge in [-0.15, -0.1) is 0 Å². The summed E-state index contributed by atoms with van der Waals surface area (Å²) in [7, 11) is 0. The van der Waals surface area contributed by atoms with Gasteiger partial charge < -0.3 is 14.7 Å². The Morgan fingerprint density at radius 2 is 2.05 bits per heavy atom. The summed E-state index contributed by atoms with van der Waals surface area (Å²) >= 11 is 0. The van der Waals surface area contributed by atoms with Crippen LogP contribution in [0.15, 0.2) is 9.52 Å². The van der Waals surface area contributed by atoms with Crippen LogP contribution in [-0.2, 0) is 12.8 Å². The smallest absolute Gasteiger partial charge is 0.226 e. The van der Waals surface area contributed by atoms with Crippen molar-refractivity contribution in [3.8, 4) is 0 Å². The molecule has 0 aliphatic carbocycles. The highest BCUT2D eigenvalue weighted by molar-refractivity contribution is 5.80. The van der Waals surface area contributed by atoms with Gasteiger partial charge in [0.1, 0.15) is 0 Å². The zero-order valence-electron chi connectivity index (χ0n) is 14.3. The number of aromatic nitrogens is 2. The monoisotopic (exact) mass is 307 g/mol. The van der Waals surface area contributed by atoms with Crippen LogP contribution in [0.2, 0.25) is 0 Å². The van der Waals surface area contributed by atoms with Crippen LogP contribution in [0.3, 0.4) is 0 Å². The lowest BCUT2D eigenvalue weighted by Gasteiger charge is -2.37. The standard InChI is InChI=1S/C16H29N5O/c1-5-15-19-14(20-22-15)7-8-18-16(17-6-2)21-10-12(3)9-13(4)11-21/h12-13H,5-11H2,1-4H3,(H,17,18). The van der Waals surface area contributed by atoms with E-state index in [2.05, 4.69) is 41.1 Å². The highest BCUT2D eigenvalue weighted by Gasteiger charge is 2.23. The summed E-state index contributed by atoms with van der Waals surface area (Å²) in [5, 5.41) is 7.38. The SMILES string of the molecule is CCNC(=NCCc1noc(CC)n1)N1CC(C)CC(C)C1. The van der Waals surface area contributed by atoms with Crippen molar-refractivity contribution in [3.05, 3.63) is 11.7 Å². The summed E-state index contributed by atoms with van der Waals surface area (Å²) in [5.74, 6) is 3.90. The highest BCUT2D eigenvalue weighted by atomic mass is 16.5. The van der Waals surface area contributed by atoms with Gasteiger partial charge in [0.15, 0.2) is 11.8 Å². The zero-order valence-corrected chi connectivity index (χ0v) is 14.3. The number of aryl methyl sites for hydroxylation is 1. The predicted octanol–water partition coefficient (Wildman–Crippen LogP) is 2.12. The molecule has 1 aromatic heterocycles. The van der Waals surface area contributed by atoms with E-state index in [1.807, 2.05) is 6.92 Å². The number of aliphatic imine (C=N–C) groups is 1. The zero-order chi connectivity index (χ0) is 15.9. The van der Waals surface area contributed by atoms with Crippen LogP contribution in [0.25, 0.3) is 0 Å². The van der Waals surface area contributed by atoms with Crippen molar-refractivity contribution in [2.75, 3.05) is 26.2 Å². The van der Waals surface area contributed by atoms with E-state index in [1.54, 1.807) is 0 Å². The van der Waals surface area contributed by atoms with E-state index < -0.39 is 0 Å². The number of piperidine rings is 1. The molecular formula is C16H29N5O. The average molecular weight is 307 g/mol. The molecule has 0 bridgehead atoms. The minimum Gasteiger partial charge on any atom is -0.357 e. The van der Waals surface area contributed by atoms with Gasteiger partial charge >= 0.3 is 0 Å². The van der Waals surface area contributed by atoms with Crippen LogP contribution >= 0.6 is 0 Å². The molecule has 0 radical (unpaired) electrons. The minimum atomic E-state index is 0.685. The molecule has 1 aliphatic rings. The molecule has 124 valence electrons. The Kier molecular flexibility index (Phi) is 6.21. The Labute approximate surface area is 133 Å². The predicted molar refractivity (Wildman–Crippen MR) is 87.9 cm³/mol. The summed E-state index contributed by atoms with van der Waals surface area (Å²) in [6.45, 7) is 12.5. The van der Waals surface area contributed by atoms with Crippen LogP contribution < -0.4 is 5.32 Å². The van der Waals surface area contributed by atoms with E-state index in [9.17, 15) is 0 Å². The van der Waals surface area contributed by atoms with Gasteiger partial charge in [0.25, 0.3) is 0 Å². The van der Waals surface area contributed by atoms with Gasteiger partial charge in [0.05, 0.1) is 0 Å². The lowest BCUT2D eigenvalue weighted by molar-refractivity contribution is 0.208. The second-order valence-corrected chi connectivity index (χ2v) is 6.29. The lowest BCUT2D eigenvalue weighted by Crippen LogP contribution is -2.48. The van der Waals surface area contributed by atoms with E-state index in [4.69, 9.17) is 9.52 Å². The number of guanidine groups is 1. The molecule has 2 heterocycles. The fraction of sp³-hybridized carbons (Fsp3) is 0.812. The maximum Gasteiger partial charge on any atom is 0.226 e. The highest BCUT2D eigenvalue weighted by Crippen LogP contribution is 2.20. The van der Waals surface area contributed by atoms with Gasteiger partial charge in [-0.25, -0.2) is 0 Å². The molecule has 2 unspecified atom stereocenters. The number of nitrogens with zero attached hydrogens (tertiary/aromatic N) is 4. The first-order valence-corrected chi connectivity index (χ1v) is 8.47. The normalized spacial score (nSPS) is 22.9. The number of hydrogen-bond acceptors (Lipinski definition) is 4. The van der Waals surface area contributed by atoms with Crippen molar-refractivity contribution in [1.29, 1.82) is 0 Å². The van der Waals surface area contributed by atoms with Gasteiger partial charge in [-0.2, -0.15) is 4.98 Å². The second-order valence-electron chi connectivity index (χ2n) is 6.29. The molecule has 1 N–H and O–H groups in total. The van der Waals surface area contributed by atoms with E-state index in [1.165, 1.54) is 6.42 Å². The molecule has 0 saturated carbocycles. The number of nitrogens with one attached hydrogen (secondary N) is 1.